The van der Waals surface area contributed by atoms with E-state index >= 15 is 0 Å². The summed E-state index contributed by atoms with van der Waals surface area (Å²) in [5, 5.41) is 4.09. The quantitative estimate of drug-likeness (QED) is 0.677. The fourth-order valence-corrected chi connectivity index (χ4v) is 5.79. The molecule has 2 aliphatic rings. The van der Waals surface area contributed by atoms with Gasteiger partial charge < -0.3 is 14.6 Å². The number of nitrogens with zero attached hydrogens (tertiary/aromatic N) is 2. The van der Waals surface area contributed by atoms with Crippen molar-refractivity contribution < 1.29 is 17.6 Å². The van der Waals surface area contributed by atoms with Crippen molar-refractivity contribution in [3.8, 4) is 0 Å². The Hall–Kier alpha value is -3.13. The molecule has 3 aromatic rings. The second-order valence-corrected chi connectivity index (χ2v) is 9.63. The third kappa shape index (κ3) is 3.22. The number of amides is 1. The lowest BCUT2D eigenvalue weighted by Gasteiger charge is -2.26. The fraction of sp³-hybridized carbons (Fsp3) is 0.304. The molecule has 1 unspecified atom stereocenters. The van der Waals surface area contributed by atoms with Crippen LogP contribution in [0.15, 0.2) is 62.2 Å². The minimum Gasteiger partial charge on any atom is -0.459 e. The summed E-state index contributed by atoms with van der Waals surface area (Å²) in [6.07, 6.45) is 1.43. The molecule has 0 aliphatic carbocycles. The van der Waals surface area contributed by atoms with E-state index < -0.39 is 16.1 Å². The molecule has 5 rings (SSSR count). The van der Waals surface area contributed by atoms with Crippen LogP contribution in [0, 0.1) is 6.92 Å². The molecule has 0 radical (unpaired) electrons. The lowest BCUT2D eigenvalue weighted by atomic mass is 10.1. The monoisotopic (exact) mass is 437 g/mol. The zero-order chi connectivity index (χ0) is 21.8. The van der Waals surface area contributed by atoms with Crippen molar-refractivity contribution in [2.45, 2.75) is 43.7 Å². The van der Waals surface area contributed by atoms with Gasteiger partial charge in [-0.2, -0.15) is 8.42 Å². The summed E-state index contributed by atoms with van der Waals surface area (Å²) >= 11 is 0. The first-order valence-electron chi connectivity index (χ1n) is 10.4. The molecular weight excluding hydrogens is 414 g/mol. The first kappa shape index (κ1) is 19.8. The van der Waals surface area contributed by atoms with Gasteiger partial charge in [-0.3, -0.25) is 4.79 Å². The normalized spacial score (nSPS) is 20.5. The summed E-state index contributed by atoms with van der Waals surface area (Å²) in [6.45, 7) is 4.47. The number of carbonyl (C=O) groups is 1. The number of para-hydroxylation sites is 1. The van der Waals surface area contributed by atoms with Crippen molar-refractivity contribution in [1.82, 2.24) is 10.2 Å². The number of nitrogens with one attached hydrogen (secondary N) is 1. The molecule has 31 heavy (non-hydrogen) atoms. The molecule has 2 aromatic carbocycles. The van der Waals surface area contributed by atoms with Crippen molar-refractivity contribution in [3.63, 3.8) is 0 Å². The molecule has 0 spiro atoms. The van der Waals surface area contributed by atoms with Crippen LogP contribution in [0.4, 0.5) is 0 Å². The Morgan fingerprint density at radius 2 is 1.94 bits per heavy atom. The van der Waals surface area contributed by atoms with Gasteiger partial charge in [0.2, 0.25) is 5.91 Å². The first-order valence-corrected chi connectivity index (χ1v) is 11.8. The van der Waals surface area contributed by atoms with Gasteiger partial charge in [0, 0.05) is 23.1 Å². The zero-order valence-corrected chi connectivity index (χ0v) is 18.1. The number of fused-ring (bicyclic) bond motifs is 2. The van der Waals surface area contributed by atoms with Crippen LogP contribution in [0.5, 0.6) is 0 Å². The van der Waals surface area contributed by atoms with Crippen molar-refractivity contribution in [3.05, 3.63) is 65.4 Å². The Morgan fingerprint density at radius 3 is 2.74 bits per heavy atom. The van der Waals surface area contributed by atoms with Crippen LogP contribution in [-0.4, -0.2) is 37.6 Å². The van der Waals surface area contributed by atoms with Crippen LogP contribution in [-0.2, 0) is 14.8 Å². The second kappa shape index (κ2) is 7.23. The molecular formula is C23H23N3O4S. The van der Waals surface area contributed by atoms with E-state index in [1.54, 1.807) is 24.3 Å². The van der Waals surface area contributed by atoms with Gasteiger partial charge in [0.05, 0.1) is 6.04 Å². The minimum absolute atomic E-state index is 0.158. The highest BCUT2D eigenvalue weighted by atomic mass is 32.2. The number of benzene rings is 2. The topological polar surface area (TPSA) is 92.0 Å². The number of likely N-dealkylation sites (tertiary alicyclic amines) is 1. The van der Waals surface area contributed by atoms with Gasteiger partial charge >= 0.3 is 0 Å². The molecule has 7 nitrogen and oxygen atoms in total. The average molecular weight is 438 g/mol. The molecule has 2 atom stereocenters. The largest absolute Gasteiger partial charge is 0.459 e. The van der Waals surface area contributed by atoms with E-state index in [0.717, 1.165) is 28.7 Å². The lowest BCUT2D eigenvalue weighted by Crippen LogP contribution is -2.46. The van der Waals surface area contributed by atoms with Gasteiger partial charge in [-0.15, -0.1) is 4.40 Å². The molecule has 1 aromatic heterocycles. The van der Waals surface area contributed by atoms with Crippen LogP contribution < -0.4 is 5.32 Å². The molecule has 0 saturated carbocycles. The molecule has 1 N–H and O–H groups in total. The van der Waals surface area contributed by atoms with Gasteiger partial charge in [0.15, 0.2) is 5.84 Å². The summed E-state index contributed by atoms with van der Waals surface area (Å²) in [7, 11) is -3.73. The van der Waals surface area contributed by atoms with E-state index in [1.807, 2.05) is 43.0 Å². The van der Waals surface area contributed by atoms with Crippen molar-refractivity contribution >= 4 is 32.7 Å². The molecule has 3 heterocycles. The SMILES string of the molecule is Cc1c(C(C)NC(=O)[C@@H]2CCCN2C2=NS(=O)(=O)c3ccccc32)oc2ccccc12. The number of furan rings is 1. The highest BCUT2D eigenvalue weighted by molar-refractivity contribution is 7.90. The fourth-order valence-electron chi connectivity index (χ4n) is 4.57. The maximum Gasteiger partial charge on any atom is 0.285 e. The van der Waals surface area contributed by atoms with Crippen molar-refractivity contribution in [1.29, 1.82) is 0 Å². The number of rotatable bonds is 3. The summed E-state index contributed by atoms with van der Waals surface area (Å²) in [5.41, 5.74) is 2.36. The van der Waals surface area contributed by atoms with E-state index in [4.69, 9.17) is 4.42 Å². The number of amidine groups is 1. The van der Waals surface area contributed by atoms with Crippen molar-refractivity contribution in [2.24, 2.45) is 4.40 Å². The number of aryl methyl sites for hydroxylation is 1. The van der Waals surface area contributed by atoms with Gasteiger partial charge in [-0.25, -0.2) is 0 Å². The van der Waals surface area contributed by atoms with Crippen LogP contribution in [0.3, 0.4) is 0 Å². The Bertz CT molecular complexity index is 1330. The zero-order valence-electron chi connectivity index (χ0n) is 17.3. The number of sulfonamides is 1. The molecule has 0 bridgehead atoms. The average Bonchev–Trinajstić information content (AvgIpc) is 3.43. The maximum absolute atomic E-state index is 13.2. The maximum atomic E-state index is 13.2. The van der Waals surface area contributed by atoms with Gasteiger partial charge in [-0.1, -0.05) is 30.3 Å². The van der Waals surface area contributed by atoms with E-state index in [9.17, 15) is 13.2 Å². The first-order chi connectivity index (χ1) is 14.9. The number of hydrogen-bond donors (Lipinski definition) is 1. The number of hydrogen-bond acceptors (Lipinski definition) is 5. The summed E-state index contributed by atoms with van der Waals surface area (Å²) in [4.78, 5) is 15.2. The Balaban J connectivity index is 1.40. The predicted octanol–water partition coefficient (Wildman–Crippen LogP) is 3.53. The summed E-state index contributed by atoms with van der Waals surface area (Å²) < 4.78 is 34.9. The van der Waals surface area contributed by atoms with E-state index in [2.05, 4.69) is 9.71 Å². The predicted molar refractivity (Wildman–Crippen MR) is 117 cm³/mol. The molecule has 1 amide bonds. The van der Waals surface area contributed by atoms with E-state index in [-0.39, 0.29) is 16.8 Å². The lowest BCUT2D eigenvalue weighted by molar-refractivity contribution is -0.125. The minimum atomic E-state index is -3.73. The van der Waals surface area contributed by atoms with E-state index in [1.165, 1.54) is 0 Å². The van der Waals surface area contributed by atoms with Gasteiger partial charge in [0.25, 0.3) is 10.0 Å². The number of carbonyl (C=O) groups excluding carboxylic acids is 1. The third-order valence-electron chi connectivity index (χ3n) is 6.07. The smallest absolute Gasteiger partial charge is 0.285 e. The Kier molecular flexibility index (Phi) is 4.62. The molecule has 8 heteroatoms. The van der Waals surface area contributed by atoms with Crippen LogP contribution >= 0.6 is 0 Å². The van der Waals surface area contributed by atoms with Crippen LogP contribution in [0.1, 0.15) is 42.7 Å². The third-order valence-corrected chi connectivity index (χ3v) is 7.40. The van der Waals surface area contributed by atoms with Crippen LogP contribution in [0.2, 0.25) is 0 Å². The van der Waals surface area contributed by atoms with Crippen molar-refractivity contribution in [2.75, 3.05) is 6.54 Å². The Labute approximate surface area is 180 Å². The highest BCUT2D eigenvalue weighted by Gasteiger charge is 2.39. The molecule has 160 valence electrons. The standard InChI is InChI=1S/C23H23N3O4S/c1-14-16-8-3-5-11-19(16)30-21(14)15(2)24-23(27)18-10-7-13-26(18)22-17-9-4-6-12-20(17)31(28,29)25-22/h3-6,8-9,11-12,15,18H,7,10,13H2,1-2H3,(H,24,27)/t15?,18-/m0/s1. The molecule has 1 fully saturated rings. The van der Waals surface area contributed by atoms with Gasteiger partial charge in [-0.05, 0) is 44.9 Å². The van der Waals surface area contributed by atoms with E-state index in [0.29, 0.717) is 24.4 Å². The second-order valence-electron chi connectivity index (χ2n) is 8.06. The summed E-state index contributed by atoms with van der Waals surface area (Å²) in [5.74, 6) is 0.931. The Morgan fingerprint density at radius 1 is 1.19 bits per heavy atom. The summed E-state index contributed by atoms with van der Waals surface area (Å²) in [6, 6.07) is 13.8. The molecule has 2 aliphatic heterocycles. The van der Waals surface area contributed by atoms with Crippen LogP contribution in [0.25, 0.3) is 11.0 Å². The van der Waals surface area contributed by atoms with Gasteiger partial charge in [0.1, 0.15) is 22.3 Å². The highest BCUT2D eigenvalue weighted by Crippen LogP contribution is 2.32. The molecule has 1 saturated heterocycles.